The molecule has 1 unspecified atom stereocenters. The predicted octanol–water partition coefficient (Wildman–Crippen LogP) is 3.92. The molecule has 3 nitrogen and oxygen atoms in total. The summed E-state index contributed by atoms with van der Waals surface area (Å²) in [5.41, 5.74) is 1.36. The molecule has 0 aromatic heterocycles. The van der Waals surface area contributed by atoms with E-state index in [2.05, 4.69) is 10.6 Å². The molecule has 0 radical (unpaired) electrons. The summed E-state index contributed by atoms with van der Waals surface area (Å²) in [5, 5.41) is 6.37. The first kappa shape index (κ1) is 14.3. The molecule has 0 bridgehead atoms. The standard InChI is InChI=1S/C15H14ClFN2O/c1-10(18-13-8-4-12(17)5-9-13)15(20)19-14-6-2-11(16)3-7-14/h2-10,18H,1H3,(H,19,20). The number of carbonyl (C=O) groups is 1. The Morgan fingerprint density at radius 3 is 2.20 bits per heavy atom. The van der Waals surface area contributed by atoms with Crippen molar-refractivity contribution in [3.05, 3.63) is 59.4 Å². The van der Waals surface area contributed by atoms with Crippen LogP contribution in [0.2, 0.25) is 5.02 Å². The van der Waals surface area contributed by atoms with Gasteiger partial charge in [0.1, 0.15) is 11.9 Å². The fraction of sp³-hybridized carbons (Fsp3) is 0.133. The Morgan fingerprint density at radius 1 is 1.05 bits per heavy atom. The van der Waals surface area contributed by atoms with Crippen LogP contribution in [-0.4, -0.2) is 11.9 Å². The molecule has 104 valence electrons. The lowest BCUT2D eigenvalue weighted by atomic mass is 10.2. The first-order chi connectivity index (χ1) is 9.54. The van der Waals surface area contributed by atoms with Crippen molar-refractivity contribution in [1.82, 2.24) is 0 Å². The molecule has 0 saturated heterocycles. The Labute approximate surface area is 121 Å². The normalized spacial score (nSPS) is 11.8. The maximum Gasteiger partial charge on any atom is 0.246 e. The molecule has 0 aliphatic heterocycles. The Hall–Kier alpha value is -2.07. The smallest absolute Gasteiger partial charge is 0.246 e. The van der Waals surface area contributed by atoms with Crippen molar-refractivity contribution in [3.8, 4) is 0 Å². The molecule has 2 aromatic carbocycles. The molecule has 0 spiro atoms. The van der Waals surface area contributed by atoms with Crippen LogP contribution in [0.5, 0.6) is 0 Å². The van der Waals surface area contributed by atoms with Gasteiger partial charge in [-0.05, 0) is 55.5 Å². The van der Waals surface area contributed by atoms with Crippen LogP contribution in [0.1, 0.15) is 6.92 Å². The highest BCUT2D eigenvalue weighted by atomic mass is 35.5. The zero-order chi connectivity index (χ0) is 14.5. The van der Waals surface area contributed by atoms with Crippen molar-refractivity contribution >= 4 is 28.9 Å². The Kier molecular flexibility index (Phi) is 4.58. The molecule has 0 fully saturated rings. The number of nitrogens with one attached hydrogen (secondary N) is 2. The maximum atomic E-state index is 12.8. The predicted molar refractivity (Wildman–Crippen MR) is 79.6 cm³/mol. The van der Waals surface area contributed by atoms with Gasteiger partial charge in [0, 0.05) is 16.4 Å². The van der Waals surface area contributed by atoms with E-state index < -0.39 is 6.04 Å². The van der Waals surface area contributed by atoms with Gasteiger partial charge in [-0.25, -0.2) is 4.39 Å². The third kappa shape index (κ3) is 3.96. The van der Waals surface area contributed by atoms with Gasteiger partial charge < -0.3 is 10.6 Å². The monoisotopic (exact) mass is 292 g/mol. The molecule has 1 atom stereocenters. The van der Waals surface area contributed by atoms with Gasteiger partial charge in [-0.3, -0.25) is 4.79 Å². The molecule has 2 N–H and O–H groups in total. The third-order valence-corrected chi connectivity index (χ3v) is 2.98. The average Bonchev–Trinajstić information content (AvgIpc) is 2.44. The molecule has 0 aliphatic rings. The van der Waals surface area contributed by atoms with E-state index in [0.717, 1.165) is 0 Å². The van der Waals surface area contributed by atoms with Gasteiger partial charge >= 0.3 is 0 Å². The van der Waals surface area contributed by atoms with E-state index in [9.17, 15) is 9.18 Å². The van der Waals surface area contributed by atoms with Crippen LogP contribution in [0.25, 0.3) is 0 Å². The highest BCUT2D eigenvalue weighted by Crippen LogP contribution is 2.14. The maximum absolute atomic E-state index is 12.8. The van der Waals surface area contributed by atoms with Gasteiger partial charge in [-0.2, -0.15) is 0 Å². The van der Waals surface area contributed by atoms with Gasteiger partial charge in [-0.1, -0.05) is 11.6 Å². The summed E-state index contributed by atoms with van der Waals surface area (Å²) in [7, 11) is 0. The SMILES string of the molecule is CC(Nc1ccc(F)cc1)C(=O)Nc1ccc(Cl)cc1. The molecule has 0 aliphatic carbocycles. The lowest BCUT2D eigenvalue weighted by Gasteiger charge is -2.15. The van der Waals surface area contributed by atoms with E-state index in [1.807, 2.05) is 0 Å². The zero-order valence-electron chi connectivity index (χ0n) is 10.9. The van der Waals surface area contributed by atoms with Gasteiger partial charge in [0.05, 0.1) is 0 Å². The van der Waals surface area contributed by atoms with Crippen molar-refractivity contribution in [2.45, 2.75) is 13.0 Å². The minimum absolute atomic E-state index is 0.184. The van der Waals surface area contributed by atoms with Crippen LogP contribution >= 0.6 is 11.6 Å². The van der Waals surface area contributed by atoms with Crippen LogP contribution < -0.4 is 10.6 Å². The van der Waals surface area contributed by atoms with Crippen molar-refractivity contribution in [2.24, 2.45) is 0 Å². The lowest BCUT2D eigenvalue weighted by Crippen LogP contribution is -2.31. The van der Waals surface area contributed by atoms with E-state index in [1.165, 1.54) is 12.1 Å². The first-order valence-electron chi connectivity index (χ1n) is 6.13. The fourth-order valence-corrected chi connectivity index (χ4v) is 1.77. The largest absolute Gasteiger partial charge is 0.374 e. The van der Waals surface area contributed by atoms with Crippen molar-refractivity contribution in [2.75, 3.05) is 10.6 Å². The molecular formula is C15H14ClFN2O. The second-order valence-electron chi connectivity index (χ2n) is 4.37. The molecule has 2 rings (SSSR count). The molecule has 0 saturated carbocycles. The lowest BCUT2D eigenvalue weighted by molar-refractivity contribution is -0.116. The van der Waals surface area contributed by atoms with Crippen LogP contribution in [0.3, 0.4) is 0 Å². The Balaban J connectivity index is 1.94. The van der Waals surface area contributed by atoms with E-state index in [4.69, 9.17) is 11.6 Å². The fourth-order valence-electron chi connectivity index (χ4n) is 1.65. The molecule has 5 heteroatoms. The molecule has 1 amide bonds. The Bertz CT molecular complexity index is 584. The molecule has 0 heterocycles. The van der Waals surface area contributed by atoms with Crippen LogP contribution in [-0.2, 0) is 4.79 Å². The highest BCUT2D eigenvalue weighted by molar-refractivity contribution is 6.30. The van der Waals surface area contributed by atoms with Crippen LogP contribution in [0.15, 0.2) is 48.5 Å². The second kappa shape index (κ2) is 6.39. The molecule has 2 aromatic rings. The second-order valence-corrected chi connectivity index (χ2v) is 4.81. The van der Waals surface area contributed by atoms with E-state index in [0.29, 0.717) is 16.4 Å². The van der Waals surface area contributed by atoms with Gasteiger partial charge in [-0.15, -0.1) is 0 Å². The number of anilines is 2. The number of amides is 1. The first-order valence-corrected chi connectivity index (χ1v) is 6.51. The van der Waals surface area contributed by atoms with Crippen molar-refractivity contribution in [3.63, 3.8) is 0 Å². The average molecular weight is 293 g/mol. The van der Waals surface area contributed by atoms with Crippen LogP contribution in [0, 0.1) is 5.82 Å². The third-order valence-electron chi connectivity index (χ3n) is 2.73. The van der Waals surface area contributed by atoms with Gasteiger partial charge in [0.25, 0.3) is 0 Å². The van der Waals surface area contributed by atoms with E-state index in [-0.39, 0.29) is 11.7 Å². The quantitative estimate of drug-likeness (QED) is 0.897. The number of halogens is 2. The highest BCUT2D eigenvalue weighted by Gasteiger charge is 2.12. The Morgan fingerprint density at radius 2 is 1.60 bits per heavy atom. The zero-order valence-corrected chi connectivity index (χ0v) is 11.6. The summed E-state index contributed by atoms with van der Waals surface area (Å²) >= 11 is 5.78. The molecular weight excluding hydrogens is 279 g/mol. The topological polar surface area (TPSA) is 41.1 Å². The number of benzene rings is 2. The minimum Gasteiger partial charge on any atom is -0.374 e. The minimum atomic E-state index is -0.448. The van der Waals surface area contributed by atoms with Gasteiger partial charge in [0.2, 0.25) is 5.91 Å². The number of carbonyl (C=O) groups excluding carboxylic acids is 1. The number of hydrogen-bond donors (Lipinski definition) is 2. The summed E-state index contributed by atoms with van der Waals surface area (Å²) in [4.78, 5) is 12.0. The summed E-state index contributed by atoms with van der Waals surface area (Å²) in [6.07, 6.45) is 0. The van der Waals surface area contributed by atoms with Crippen molar-refractivity contribution in [1.29, 1.82) is 0 Å². The summed E-state index contributed by atoms with van der Waals surface area (Å²) in [6.45, 7) is 1.73. The van der Waals surface area contributed by atoms with E-state index in [1.54, 1.807) is 43.3 Å². The van der Waals surface area contributed by atoms with Crippen LogP contribution in [0.4, 0.5) is 15.8 Å². The summed E-state index contributed by atoms with van der Waals surface area (Å²) in [6, 6.07) is 12.3. The van der Waals surface area contributed by atoms with E-state index >= 15 is 0 Å². The van der Waals surface area contributed by atoms with Gasteiger partial charge in [0.15, 0.2) is 0 Å². The summed E-state index contributed by atoms with van der Waals surface area (Å²) < 4.78 is 12.8. The number of hydrogen-bond acceptors (Lipinski definition) is 2. The summed E-state index contributed by atoms with van der Waals surface area (Å²) in [5.74, 6) is -0.495. The molecule has 20 heavy (non-hydrogen) atoms. The number of rotatable bonds is 4. The van der Waals surface area contributed by atoms with Crippen molar-refractivity contribution < 1.29 is 9.18 Å².